The van der Waals surface area contributed by atoms with Gasteiger partial charge in [0.1, 0.15) is 0 Å². The second-order valence-electron chi connectivity index (χ2n) is 4.55. The van der Waals surface area contributed by atoms with Gasteiger partial charge in [0.05, 0.1) is 0 Å². The number of carbonyl (C=O) groups excluding carboxylic acids is 3. The summed E-state index contributed by atoms with van der Waals surface area (Å²) in [4.78, 5) is 33.4. The molecule has 0 aromatic carbocycles. The van der Waals surface area contributed by atoms with Crippen molar-refractivity contribution in [2.75, 3.05) is 0 Å². The van der Waals surface area contributed by atoms with Crippen LogP contribution in [0.5, 0.6) is 0 Å². The van der Waals surface area contributed by atoms with Crippen molar-refractivity contribution in [3.05, 3.63) is 12.2 Å². The number of hydrogen-bond acceptors (Lipinski definition) is 3. The zero-order chi connectivity index (χ0) is 14.3. The molecule has 0 saturated carbocycles. The van der Waals surface area contributed by atoms with Crippen molar-refractivity contribution in [1.29, 1.82) is 0 Å². The summed E-state index contributed by atoms with van der Waals surface area (Å²) < 4.78 is 0. The van der Waals surface area contributed by atoms with E-state index in [4.69, 9.17) is 0 Å². The smallest absolute Gasteiger partial charge is 0.253 e. The van der Waals surface area contributed by atoms with Gasteiger partial charge in [-0.15, -0.1) is 0 Å². The molecule has 5 heteroatoms. The molecule has 0 radical (unpaired) electrons. The molecule has 0 atom stereocenters. The van der Waals surface area contributed by atoms with E-state index in [1.807, 2.05) is 34.6 Å². The Hall–Kier alpha value is -1.65. The van der Waals surface area contributed by atoms with Gasteiger partial charge in [0.15, 0.2) is 0 Å². The first-order valence-corrected chi connectivity index (χ1v) is 6.14. The van der Waals surface area contributed by atoms with Crippen LogP contribution in [0.3, 0.4) is 0 Å². The van der Waals surface area contributed by atoms with Crippen molar-refractivity contribution in [3.8, 4) is 0 Å². The number of carbonyl (C=O) groups is 3. The Balaban J connectivity index is 0.000000331. The van der Waals surface area contributed by atoms with Crippen LogP contribution >= 0.6 is 0 Å². The van der Waals surface area contributed by atoms with Gasteiger partial charge in [0, 0.05) is 30.7 Å². The van der Waals surface area contributed by atoms with Crippen LogP contribution in [0, 0.1) is 0 Å². The zero-order valence-corrected chi connectivity index (χ0v) is 11.7. The lowest BCUT2D eigenvalue weighted by atomic mass is 10.3. The summed E-state index contributed by atoms with van der Waals surface area (Å²) in [6.07, 6.45) is 3.17. The molecule has 0 aromatic rings. The normalized spacial score (nSPS) is 14.1. The minimum Gasteiger partial charge on any atom is -0.354 e. The zero-order valence-electron chi connectivity index (χ0n) is 11.7. The van der Waals surface area contributed by atoms with E-state index in [1.165, 1.54) is 17.1 Å². The van der Waals surface area contributed by atoms with Crippen LogP contribution in [0.25, 0.3) is 0 Å². The van der Waals surface area contributed by atoms with Crippen LogP contribution < -0.4 is 5.32 Å². The van der Waals surface area contributed by atoms with Crippen molar-refractivity contribution in [2.45, 2.75) is 53.1 Å². The van der Waals surface area contributed by atoms with Gasteiger partial charge >= 0.3 is 0 Å². The number of nitrogens with one attached hydrogen (secondary N) is 1. The molecule has 0 fully saturated rings. The average molecular weight is 254 g/mol. The van der Waals surface area contributed by atoms with E-state index in [-0.39, 0.29) is 29.8 Å². The van der Waals surface area contributed by atoms with E-state index in [0.29, 0.717) is 6.42 Å². The van der Waals surface area contributed by atoms with E-state index in [9.17, 15) is 14.4 Å². The molecule has 102 valence electrons. The Morgan fingerprint density at radius 2 is 1.61 bits per heavy atom. The molecule has 5 nitrogen and oxygen atoms in total. The largest absolute Gasteiger partial charge is 0.354 e. The van der Waals surface area contributed by atoms with Crippen LogP contribution in [0.4, 0.5) is 0 Å². The minimum atomic E-state index is -0.208. The molecule has 18 heavy (non-hydrogen) atoms. The Kier molecular flexibility index (Phi) is 6.93. The number of hydrogen-bond donors (Lipinski definition) is 1. The van der Waals surface area contributed by atoms with Gasteiger partial charge in [-0.3, -0.25) is 19.3 Å². The van der Waals surface area contributed by atoms with Crippen molar-refractivity contribution in [3.63, 3.8) is 0 Å². The number of imide groups is 1. The van der Waals surface area contributed by atoms with Gasteiger partial charge in [-0.25, -0.2) is 0 Å². The molecular formula is C13H22N2O3. The molecule has 1 rings (SSSR count). The molecule has 0 aromatic heterocycles. The highest BCUT2D eigenvalue weighted by Gasteiger charge is 2.25. The second kappa shape index (κ2) is 7.63. The fraction of sp³-hybridized carbons (Fsp3) is 0.615. The molecule has 0 unspecified atom stereocenters. The summed E-state index contributed by atoms with van der Waals surface area (Å²) in [5.41, 5.74) is 0. The molecule has 0 bridgehead atoms. The summed E-state index contributed by atoms with van der Waals surface area (Å²) in [7, 11) is 0. The van der Waals surface area contributed by atoms with E-state index >= 15 is 0 Å². The lowest BCUT2D eigenvalue weighted by Crippen LogP contribution is -2.36. The van der Waals surface area contributed by atoms with Crippen molar-refractivity contribution in [1.82, 2.24) is 10.2 Å². The van der Waals surface area contributed by atoms with Crippen molar-refractivity contribution >= 4 is 17.7 Å². The fourth-order valence-electron chi connectivity index (χ4n) is 1.34. The highest BCUT2D eigenvalue weighted by Crippen LogP contribution is 2.07. The van der Waals surface area contributed by atoms with E-state index in [2.05, 4.69) is 5.32 Å². The SMILES string of the molecule is CC(C)N1C(=O)C=CC1=O.CCC(=O)NC(C)C. The van der Waals surface area contributed by atoms with Gasteiger partial charge in [-0.2, -0.15) is 0 Å². The molecule has 1 N–H and O–H groups in total. The maximum absolute atomic E-state index is 10.8. The van der Waals surface area contributed by atoms with Gasteiger partial charge in [0.25, 0.3) is 11.8 Å². The Bertz CT molecular complexity index is 328. The predicted octanol–water partition coefficient (Wildman–Crippen LogP) is 1.24. The van der Waals surface area contributed by atoms with Crippen LogP contribution in [-0.4, -0.2) is 34.7 Å². The lowest BCUT2D eigenvalue weighted by molar-refractivity contribution is -0.138. The number of amides is 3. The molecular weight excluding hydrogens is 232 g/mol. The quantitative estimate of drug-likeness (QED) is 0.771. The third kappa shape index (κ3) is 5.61. The van der Waals surface area contributed by atoms with E-state index in [1.54, 1.807) is 0 Å². The number of nitrogens with zero attached hydrogens (tertiary/aromatic N) is 1. The van der Waals surface area contributed by atoms with Gasteiger partial charge in [-0.1, -0.05) is 6.92 Å². The minimum absolute atomic E-state index is 0.0324. The standard InChI is InChI=1S/C7H9NO2.C6H13NO/c1-5(2)8-6(9)3-4-7(8)10;1-4-6(8)7-5(2)3/h3-5H,1-2H3;5H,4H2,1-3H3,(H,7,8). The molecule has 1 heterocycles. The molecule has 0 aliphatic carbocycles. The highest BCUT2D eigenvalue weighted by atomic mass is 16.2. The maximum Gasteiger partial charge on any atom is 0.253 e. The topological polar surface area (TPSA) is 66.5 Å². The van der Waals surface area contributed by atoms with Gasteiger partial charge in [0.2, 0.25) is 5.91 Å². The monoisotopic (exact) mass is 254 g/mol. The second-order valence-corrected chi connectivity index (χ2v) is 4.55. The summed E-state index contributed by atoms with van der Waals surface area (Å²) in [5.74, 6) is -0.292. The van der Waals surface area contributed by atoms with Crippen molar-refractivity contribution in [2.24, 2.45) is 0 Å². The van der Waals surface area contributed by atoms with Crippen molar-refractivity contribution < 1.29 is 14.4 Å². The summed E-state index contributed by atoms with van der Waals surface area (Å²) in [6.45, 7) is 9.37. The molecule has 0 saturated heterocycles. The van der Waals surface area contributed by atoms with E-state index < -0.39 is 0 Å². The van der Waals surface area contributed by atoms with Crippen LogP contribution in [0.15, 0.2) is 12.2 Å². The summed E-state index contributed by atoms with van der Waals surface area (Å²) in [6, 6.07) is 0.248. The van der Waals surface area contributed by atoms with Crippen LogP contribution in [-0.2, 0) is 14.4 Å². The van der Waals surface area contributed by atoms with Gasteiger partial charge in [-0.05, 0) is 27.7 Å². The average Bonchev–Trinajstić information content (AvgIpc) is 2.58. The van der Waals surface area contributed by atoms with Gasteiger partial charge < -0.3 is 5.32 Å². The molecule has 0 spiro atoms. The third-order valence-electron chi connectivity index (χ3n) is 2.13. The maximum atomic E-state index is 10.8. The predicted molar refractivity (Wildman–Crippen MR) is 69.7 cm³/mol. The first kappa shape index (κ1) is 16.4. The highest BCUT2D eigenvalue weighted by molar-refractivity contribution is 6.13. The third-order valence-corrected chi connectivity index (χ3v) is 2.13. The van der Waals surface area contributed by atoms with Crippen LogP contribution in [0.2, 0.25) is 0 Å². The lowest BCUT2D eigenvalue weighted by Gasteiger charge is -2.17. The Morgan fingerprint density at radius 3 is 1.78 bits per heavy atom. The Morgan fingerprint density at radius 1 is 1.17 bits per heavy atom. The first-order chi connectivity index (χ1) is 8.29. The molecule has 3 amide bonds. The van der Waals surface area contributed by atoms with Crippen LogP contribution in [0.1, 0.15) is 41.0 Å². The molecule has 1 aliphatic rings. The number of rotatable bonds is 3. The fourth-order valence-corrected chi connectivity index (χ4v) is 1.34. The summed E-state index contributed by atoms with van der Waals surface area (Å²) in [5, 5.41) is 2.75. The first-order valence-electron chi connectivity index (χ1n) is 6.14. The Labute approximate surface area is 108 Å². The van der Waals surface area contributed by atoms with E-state index in [0.717, 1.165) is 0 Å². The summed E-state index contributed by atoms with van der Waals surface area (Å²) >= 11 is 0. The molecule has 1 aliphatic heterocycles.